The smallest absolute Gasteiger partial charge is 0.256 e. The van der Waals surface area contributed by atoms with Gasteiger partial charge in [-0.3, -0.25) is 19.4 Å². The summed E-state index contributed by atoms with van der Waals surface area (Å²) < 4.78 is 5.76. The van der Waals surface area contributed by atoms with Crippen molar-refractivity contribution in [2.75, 3.05) is 89.6 Å². The number of nitrogens with one attached hydrogen (secondary N) is 2. The van der Waals surface area contributed by atoms with E-state index in [4.69, 9.17) is 21.3 Å². The molecule has 3 aromatic rings. The van der Waals surface area contributed by atoms with E-state index in [1.54, 1.807) is 37.2 Å². The summed E-state index contributed by atoms with van der Waals surface area (Å²) in [6, 6.07) is 8.71. The van der Waals surface area contributed by atoms with Gasteiger partial charge in [-0.25, -0.2) is 4.98 Å². The largest absolute Gasteiger partial charge is 0.495 e. The van der Waals surface area contributed by atoms with Gasteiger partial charge in [-0.05, 0) is 62.1 Å². The summed E-state index contributed by atoms with van der Waals surface area (Å²) in [5.41, 5.74) is 6.57. The van der Waals surface area contributed by atoms with Gasteiger partial charge in [0.05, 0.1) is 36.8 Å². The number of aromatic nitrogens is 2. The second-order valence-electron chi connectivity index (χ2n) is 13.3. The van der Waals surface area contributed by atoms with Crippen LogP contribution in [-0.4, -0.2) is 121 Å². The highest BCUT2D eigenvalue weighted by Gasteiger charge is 2.33. The van der Waals surface area contributed by atoms with E-state index in [0.29, 0.717) is 52.9 Å². The number of fused-ring (bicyclic) bond motifs is 2. The molecule has 2 aromatic carbocycles. The van der Waals surface area contributed by atoms with Gasteiger partial charge in [0.2, 0.25) is 11.9 Å². The fourth-order valence-corrected chi connectivity index (χ4v) is 6.88. The van der Waals surface area contributed by atoms with Crippen molar-refractivity contribution in [1.29, 1.82) is 0 Å². The summed E-state index contributed by atoms with van der Waals surface area (Å²) in [6.07, 6.45) is 3.18. The number of hydrogen-bond donors (Lipinski definition) is 2. The zero-order chi connectivity index (χ0) is 34.1. The summed E-state index contributed by atoms with van der Waals surface area (Å²) >= 11 is 6.62. The lowest BCUT2D eigenvalue weighted by molar-refractivity contribution is -0.129. The van der Waals surface area contributed by atoms with Gasteiger partial charge in [0.15, 0.2) is 5.82 Å². The van der Waals surface area contributed by atoms with Crippen LogP contribution in [0.2, 0.25) is 5.02 Å². The van der Waals surface area contributed by atoms with Crippen molar-refractivity contribution in [2.24, 2.45) is 0 Å². The maximum absolute atomic E-state index is 13.4. The predicted octanol–water partition coefficient (Wildman–Crippen LogP) is 4.23. The number of carbonyl (C=O) groups excluding carboxylic acids is 2. The Morgan fingerprint density at radius 3 is 2.40 bits per heavy atom. The lowest BCUT2D eigenvalue weighted by atomic mass is 10.0. The molecule has 0 radical (unpaired) electrons. The fourth-order valence-electron chi connectivity index (χ4n) is 6.74. The number of methoxy groups -OCH3 is 1. The van der Waals surface area contributed by atoms with E-state index >= 15 is 0 Å². The van der Waals surface area contributed by atoms with Gasteiger partial charge < -0.3 is 30.1 Å². The number of piperazine rings is 1. The van der Waals surface area contributed by atoms with Crippen LogP contribution in [0.1, 0.15) is 40.9 Å². The highest BCUT2D eigenvalue weighted by molar-refractivity contribution is 6.33. The van der Waals surface area contributed by atoms with Crippen LogP contribution in [0.5, 0.6) is 5.75 Å². The predicted molar refractivity (Wildman–Crippen MR) is 190 cm³/mol. The number of hydrogen-bond acceptors (Lipinski definition) is 10. The maximum atomic E-state index is 13.4. The van der Waals surface area contributed by atoms with Crippen molar-refractivity contribution >= 4 is 52.2 Å². The van der Waals surface area contributed by atoms with E-state index in [1.807, 2.05) is 13.1 Å². The minimum Gasteiger partial charge on any atom is -0.495 e. The molecule has 48 heavy (non-hydrogen) atoms. The number of nitrogens with zero attached hydrogens (tertiary/aromatic N) is 7. The Balaban J connectivity index is 1.22. The summed E-state index contributed by atoms with van der Waals surface area (Å²) in [6.45, 7) is 10.8. The summed E-state index contributed by atoms with van der Waals surface area (Å²) in [4.78, 5) is 45.4. The number of rotatable bonds is 9. The molecule has 13 heteroatoms. The molecule has 12 nitrogen and oxygen atoms in total. The Morgan fingerprint density at radius 2 is 1.73 bits per heavy atom. The average Bonchev–Trinajstić information content (AvgIpc) is 3.24. The quantitative estimate of drug-likeness (QED) is 0.342. The number of amides is 2. The average molecular weight is 676 g/mol. The first-order valence-corrected chi connectivity index (χ1v) is 17.0. The van der Waals surface area contributed by atoms with Crippen LogP contribution >= 0.6 is 11.6 Å². The molecular weight excluding hydrogens is 630 g/mol. The second-order valence-corrected chi connectivity index (χ2v) is 13.7. The second kappa shape index (κ2) is 14.2. The van der Waals surface area contributed by atoms with Crippen LogP contribution in [0, 0.1) is 0 Å². The SMILES string of the molecule is COc1cc2c(cc1Nc1ncc(Cl)c(Nc3ccc(N4CCN(C(C)C)CC4)c4c3C(=O)N(C)C4)n1)CCN(CC(=O)N(C)C)CC2. The first-order chi connectivity index (χ1) is 23.0. The molecule has 0 spiro atoms. The molecule has 3 aliphatic rings. The minimum absolute atomic E-state index is 0.0296. The van der Waals surface area contributed by atoms with Gasteiger partial charge in [0, 0.05) is 84.2 Å². The molecule has 3 aliphatic heterocycles. The van der Waals surface area contributed by atoms with E-state index in [-0.39, 0.29) is 11.8 Å². The van der Waals surface area contributed by atoms with Crippen LogP contribution in [0.15, 0.2) is 30.5 Å². The zero-order valence-electron chi connectivity index (χ0n) is 28.8. The van der Waals surface area contributed by atoms with Gasteiger partial charge >= 0.3 is 0 Å². The Labute approximate surface area is 288 Å². The van der Waals surface area contributed by atoms with Crippen LogP contribution in [0.4, 0.5) is 28.8 Å². The molecule has 0 aliphatic carbocycles. The van der Waals surface area contributed by atoms with Crippen molar-refractivity contribution in [3.63, 3.8) is 0 Å². The van der Waals surface area contributed by atoms with Crippen LogP contribution in [0.3, 0.4) is 0 Å². The normalized spacial score (nSPS) is 16.9. The van der Waals surface area contributed by atoms with Crippen molar-refractivity contribution in [3.05, 3.63) is 57.7 Å². The Kier molecular flexibility index (Phi) is 9.95. The van der Waals surface area contributed by atoms with E-state index in [9.17, 15) is 9.59 Å². The molecule has 1 fully saturated rings. The maximum Gasteiger partial charge on any atom is 0.256 e. The molecule has 0 bridgehead atoms. The summed E-state index contributed by atoms with van der Waals surface area (Å²) in [5, 5.41) is 7.02. The topological polar surface area (TPSA) is 109 Å². The molecule has 1 aromatic heterocycles. The molecule has 2 N–H and O–H groups in total. The number of carbonyl (C=O) groups is 2. The van der Waals surface area contributed by atoms with Gasteiger partial charge in [-0.1, -0.05) is 11.6 Å². The van der Waals surface area contributed by atoms with Crippen LogP contribution in [0.25, 0.3) is 0 Å². The molecule has 0 saturated carbocycles. The molecule has 4 heterocycles. The van der Waals surface area contributed by atoms with Gasteiger partial charge in [0.25, 0.3) is 5.91 Å². The van der Waals surface area contributed by atoms with Gasteiger partial charge in [-0.15, -0.1) is 0 Å². The van der Waals surface area contributed by atoms with E-state index in [1.165, 1.54) is 11.1 Å². The minimum atomic E-state index is -0.0296. The Hall–Kier alpha value is -4.13. The van der Waals surface area contributed by atoms with Crippen LogP contribution in [-0.2, 0) is 24.2 Å². The number of ether oxygens (including phenoxy) is 1. The van der Waals surface area contributed by atoms with E-state index in [2.05, 4.69) is 62.4 Å². The molecule has 0 unspecified atom stereocenters. The third-order valence-corrected chi connectivity index (χ3v) is 9.92. The highest BCUT2D eigenvalue weighted by Crippen LogP contribution is 2.39. The molecule has 2 amide bonds. The summed E-state index contributed by atoms with van der Waals surface area (Å²) in [5.74, 6) is 1.48. The van der Waals surface area contributed by atoms with Gasteiger partial charge in [0.1, 0.15) is 10.8 Å². The third-order valence-electron chi connectivity index (χ3n) is 9.65. The lowest BCUT2D eigenvalue weighted by Gasteiger charge is -2.38. The number of anilines is 5. The van der Waals surface area contributed by atoms with Crippen LogP contribution < -0.4 is 20.3 Å². The molecule has 256 valence electrons. The first kappa shape index (κ1) is 33.8. The molecule has 6 rings (SSSR count). The summed E-state index contributed by atoms with van der Waals surface area (Å²) in [7, 11) is 7.05. The zero-order valence-corrected chi connectivity index (χ0v) is 29.5. The number of benzene rings is 2. The molecule has 1 saturated heterocycles. The fraction of sp³-hybridized carbons (Fsp3) is 0.486. The van der Waals surface area contributed by atoms with Crippen molar-refractivity contribution in [2.45, 2.75) is 39.3 Å². The van der Waals surface area contributed by atoms with E-state index in [0.717, 1.165) is 69.0 Å². The monoisotopic (exact) mass is 675 g/mol. The molecule has 0 atom stereocenters. The third kappa shape index (κ3) is 7.01. The van der Waals surface area contributed by atoms with Gasteiger partial charge in [-0.2, -0.15) is 4.98 Å². The number of likely N-dealkylation sites (N-methyl/N-ethyl adjacent to an activating group) is 1. The van der Waals surface area contributed by atoms with Crippen molar-refractivity contribution in [3.8, 4) is 5.75 Å². The standard InChI is InChI=1S/C35H46ClN9O3/c1-22(2)44-13-15-45(16-14-44)29-8-7-27(32-25(29)20-42(5)34(32)47)38-33-26(36)19-37-35(40-33)39-28-17-23-9-11-43(21-31(46)41(3)4)12-10-24(23)18-30(28)48-6/h7-8,17-19,22H,9-16,20-21H2,1-6H3,(H2,37,38,39,40). The van der Waals surface area contributed by atoms with E-state index < -0.39 is 0 Å². The van der Waals surface area contributed by atoms with Crippen molar-refractivity contribution in [1.82, 2.24) is 29.6 Å². The molecular formula is C35H46ClN9O3. The van der Waals surface area contributed by atoms with Crippen molar-refractivity contribution < 1.29 is 14.3 Å². The lowest BCUT2D eigenvalue weighted by Crippen LogP contribution is -2.49. The Bertz CT molecular complexity index is 1690. The first-order valence-electron chi connectivity index (χ1n) is 16.6. The number of halogens is 1. The Morgan fingerprint density at radius 1 is 1.02 bits per heavy atom. The highest BCUT2D eigenvalue weighted by atomic mass is 35.5.